The molecule has 1 aliphatic rings. The second-order valence-corrected chi connectivity index (χ2v) is 5.64. The van der Waals surface area contributed by atoms with Crippen molar-refractivity contribution in [2.45, 2.75) is 25.4 Å². The highest BCUT2D eigenvalue weighted by Gasteiger charge is 2.19. The molecule has 0 amide bonds. The first-order valence-electron chi connectivity index (χ1n) is 7.37. The van der Waals surface area contributed by atoms with Gasteiger partial charge in [-0.3, -0.25) is 0 Å². The summed E-state index contributed by atoms with van der Waals surface area (Å²) in [7, 11) is 0. The summed E-state index contributed by atoms with van der Waals surface area (Å²) in [6, 6.07) is 10.6. The van der Waals surface area contributed by atoms with E-state index in [-0.39, 0.29) is 18.5 Å². The number of furan rings is 1. The molecule has 1 saturated heterocycles. The van der Waals surface area contributed by atoms with Gasteiger partial charge in [-0.05, 0) is 43.5 Å². The summed E-state index contributed by atoms with van der Waals surface area (Å²) in [6.45, 7) is 1.00. The highest BCUT2D eigenvalue weighted by molar-refractivity contribution is 6.33. The van der Waals surface area contributed by atoms with Crippen molar-refractivity contribution >= 4 is 17.6 Å². The topological polar surface area (TPSA) is 48.7 Å². The van der Waals surface area contributed by atoms with E-state index in [1.165, 1.54) is 0 Å². The number of rotatable bonds is 4. The quantitative estimate of drug-likeness (QED) is 0.787. The Morgan fingerprint density at radius 3 is 2.86 bits per heavy atom. The van der Waals surface area contributed by atoms with E-state index in [1.807, 2.05) is 18.2 Å². The van der Waals surface area contributed by atoms with Crippen molar-refractivity contribution in [3.05, 3.63) is 47.2 Å². The molecule has 116 valence electrons. The molecule has 4 nitrogen and oxygen atoms in total. The van der Waals surface area contributed by atoms with Crippen LogP contribution in [0.3, 0.4) is 0 Å². The van der Waals surface area contributed by atoms with Crippen molar-refractivity contribution in [2.24, 2.45) is 0 Å². The van der Waals surface area contributed by atoms with Crippen LogP contribution in [0.2, 0.25) is 5.02 Å². The van der Waals surface area contributed by atoms with Crippen molar-refractivity contribution in [3.8, 4) is 11.3 Å². The Balaban J connectivity index is 1.63. The first-order chi connectivity index (χ1) is 10.7. The third kappa shape index (κ3) is 3.51. The smallest absolute Gasteiger partial charge is 0.374 e. The zero-order valence-corrected chi connectivity index (χ0v) is 12.8. The molecule has 3 rings (SSSR count). The number of carbonyl (C=O) groups is 1. The van der Waals surface area contributed by atoms with E-state index in [0.717, 1.165) is 31.4 Å². The third-order valence-corrected chi connectivity index (χ3v) is 3.95. The average Bonchev–Trinajstić information content (AvgIpc) is 3.04. The maximum Gasteiger partial charge on any atom is 0.374 e. The molecule has 22 heavy (non-hydrogen) atoms. The third-order valence-electron chi connectivity index (χ3n) is 3.62. The van der Waals surface area contributed by atoms with Crippen LogP contribution < -0.4 is 0 Å². The fourth-order valence-electron chi connectivity index (χ4n) is 2.43. The maximum absolute atomic E-state index is 12.0. The largest absolute Gasteiger partial charge is 0.457 e. The molecule has 0 bridgehead atoms. The molecule has 1 fully saturated rings. The molecule has 1 unspecified atom stereocenters. The lowest BCUT2D eigenvalue weighted by molar-refractivity contribution is -0.0310. The Bertz CT molecular complexity index is 644. The first kappa shape index (κ1) is 15.1. The minimum absolute atomic E-state index is 0.00398. The monoisotopic (exact) mass is 320 g/mol. The molecule has 1 aromatic heterocycles. The SMILES string of the molecule is O=C(OCC1CCCCO1)c1ccc(-c2ccccc2Cl)o1. The van der Waals surface area contributed by atoms with Gasteiger partial charge in [0.1, 0.15) is 12.4 Å². The van der Waals surface area contributed by atoms with E-state index in [0.29, 0.717) is 10.8 Å². The van der Waals surface area contributed by atoms with Gasteiger partial charge >= 0.3 is 5.97 Å². The molecule has 0 radical (unpaired) electrons. The Morgan fingerprint density at radius 2 is 2.09 bits per heavy atom. The van der Waals surface area contributed by atoms with Gasteiger partial charge < -0.3 is 13.9 Å². The van der Waals surface area contributed by atoms with Crippen LogP contribution in [0.15, 0.2) is 40.8 Å². The predicted molar refractivity (Wildman–Crippen MR) is 83.0 cm³/mol. The Labute approximate surface area is 134 Å². The predicted octanol–water partition coefficient (Wildman–Crippen LogP) is 4.33. The molecule has 1 atom stereocenters. The Morgan fingerprint density at radius 1 is 1.23 bits per heavy atom. The summed E-state index contributed by atoms with van der Waals surface area (Å²) in [5.41, 5.74) is 0.749. The molecular weight excluding hydrogens is 304 g/mol. The van der Waals surface area contributed by atoms with Crippen LogP contribution in [0.1, 0.15) is 29.8 Å². The molecule has 2 heterocycles. The normalized spacial score (nSPS) is 18.1. The lowest BCUT2D eigenvalue weighted by Gasteiger charge is -2.21. The summed E-state index contributed by atoms with van der Waals surface area (Å²) in [4.78, 5) is 12.0. The highest BCUT2D eigenvalue weighted by Crippen LogP contribution is 2.29. The molecule has 1 aliphatic heterocycles. The Hall–Kier alpha value is -1.78. The van der Waals surface area contributed by atoms with E-state index in [4.69, 9.17) is 25.5 Å². The lowest BCUT2D eigenvalue weighted by Crippen LogP contribution is -2.25. The highest BCUT2D eigenvalue weighted by atomic mass is 35.5. The van der Waals surface area contributed by atoms with Crippen molar-refractivity contribution in [3.63, 3.8) is 0 Å². The van der Waals surface area contributed by atoms with Crippen LogP contribution in [0.25, 0.3) is 11.3 Å². The van der Waals surface area contributed by atoms with E-state index >= 15 is 0 Å². The molecule has 0 N–H and O–H groups in total. The average molecular weight is 321 g/mol. The van der Waals surface area contributed by atoms with Gasteiger partial charge in [0, 0.05) is 12.2 Å². The number of benzene rings is 1. The second kappa shape index (κ2) is 6.99. The summed E-state index contributed by atoms with van der Waals surface area (Å²) in [5, 5.41) is 0.576. The molecule has 2 aromatic rings. The number of esters is 1. The summed E-state index contributed by atoms with van der Waals surface area (Å²) >= 11 is 6.12. The summed E-state index contributed by atoms with van der Waals surface area (Å²) in [6.07, 6.45) is 3.11. The van der Waals surface area contributed by atoms with Gasteiger partial charge in [-0.25, -0.2) is 4.79 Å². The Kier molecular flexibility index (Phi) is 4.80. The van der Waals surface area contributed by atoms with Gasteiger partial charge in [0.15, 0.2) is 0 Å². The fraction of sp³-hybridized carbons (Fsp3) is 0.353. The summed E-state index contributed by atoms with van der Waals surface area (Å²) < 4.78 is 16.3. The van der Waals surface area contributed by atoms with Gasteiger partial charge in [-0.1, -0.05) is 23.7 Å². The summed E-state index contributed by atoms with van der Waals surface area (Å²) in [5.74, 6) is 0.240. The standard InChI is InChI=1S/C17H17ClO4/c18-14-7-2-1-6-13(14)15-8-9-16(22-15)17(19)21-11-12-5-3-4-10-20-12/h1-2,6-9,12H,3-5,10-11H2. The minimum Gasteiger partial charge on any atom is -0.457 e. The van der Waals surface area contributed by atoms with Gasteiger partial charge in [0.05, 0.1) is 11.1 Å². The van der Waals surface area contributed by atoms with E-state index in [9.17, 15) is 4.79 Å². The number of ether oxygens (including phenoxy) is 2. The van der Waals surface area contributed by atoms with Crippen LogP contribution in [0.5, 0.6) is 0 Å². The number of carbonyl (C=O) groups excluding carboxylic acids is 1. The van der Waals surface area contributed by atoms with Crippen LogP contribution in [0.4, 0.5) is 0 Å². The molecule has 0 spiro atoms. The number of halogens is 1. The molecule has 0 saturated carbocycles. The van der Waals surface area contributed by atoms with E-state index < -0.39 is 5.97 Å². The van der Waals surface area contributed by atoms with Gasteiger partial charge in [-0.2, -0.15) is 0 Å². The maximum atomic E-state index is 12.0. The van der Waals surface area contributed by atoms with Gasteiger partial charge in [0.25, 0.3) is 0 Å². The van der Waals surface area contributed by atoms with Crippen LogP contribution in [-0.4, -0.2) is 25.3 Å². The zero-order valence-electron chi connectivity index (χ0n) is 12.1. The minimum atomic E-state index is -0.479. The van der Waals surface area contributed by atoms with Crippen molar-refractivity contribution in [2.75, 3.05) is 13.2 Å². The number of hydrogen-bond acceptors (Lipinski definition) is 4. The van der Waals surface area contributed by atoms with Crippen LogP contribution in [0, 0.1) is 0 Å². The van der Waals surface area contributed by atoms with Gasteiger partial charge in [-0.15, -0.1) is 0 Å². The first-order valence-corrected chi connectivity index (χ1v) is 7.75. The number of hydrogen-bond donors (Lipinski definition) is 0. The molecular formula is C17H17ClO4. The molecule has 1 aromatic carbocycles. The van der Waals surface area contributed by atoms with Crippen molar-refractivity contribution < 1.29 is 18.7 Å². The van der Waals surface area contributed by atoms with Crippen molar-refractivity contribution in [1.29, 1.82) is 0 Å². The van der Waals surface area contributed by atoms with Crippen LogP contribution >= 0.6 is 11.6 Å². The van der Waals surface area contributed by atoms with E-state index in [1.54, 1.807) is 18.2 Å². The van der Waals surface area contributed by atoms with E-state index in [2.05, 4.69) is 0 Å². The second-order valence-electron chi connectivity index (χ2n) is 5.23. The zero-order chi connectivity index (χ0) is 15.4. The lowest BCUT2D eigenvalue weighted by atomic mass is 10.1. The molecule has 0 aliphatic carbocycles. The van der Waals surface area contributed by atoms with Crippen LogP contribution in [-0.2, 0) is 9.47 Å². The van der Waals surface area contributed by atoms with Crippen molar-refractivity contribution in [1.82, 2.24) is 0 Å². The van der Waals surface area contributed by atoms with Gasteiger partial charge in [0.2, 0.25) is 5.76 Å². The fourth-order valence-corrected chi connectivity index (χ4v) is 2.66. The molecule has 5 heteroatoms.